The maximum atomic E-state index is 11.3. The molecule has 0 aromatic heterocycles. The van der Waals surface area contributed by atoms with E-state index in [1.54, 1.807) is 0 Å². The fraction of sp³-hybridized carbons (Fsp3) is 0.923. The van der Waals surface area contributed by atoms with Crippen molar-refractivity contribution in [3.8, 4) is 0 Å². The maximum Gasteiger partial charge on any atom is 0.219 e. The van der Waals surface area contributed by atoms with Gasteiger partial charge in [-0.2, -0.15) is 0 Å². The minimum atomic E-state index is 0.181. The lowest BCUT2D eigenvalue weighted by Gasteiger charge is -2.04. The minimum Gasteiger partial charge on any atom is -0.396 e. The van der Waals surface area contributed by atoms with Crippen molar-refractivity contribution in [1.29, 1.82) is 0 Å². The summed E-state index contributed by atoms with van der Waals surface area (Å²) in [5.41, 5.74) is 0. The van der Waals surface area contributed by atoms with E-state index in [9.17, 15) is 4.79 Å². The molecule has 0 rings (SSSR count). The van der Waals surface area contributed by atoms with Gasteiger partial charge in [-0.05, 0) is 19.3 Å². The van der Waals surface area contributed by atoms with E-state index in [0.717, 1.165) is 38.6 Å². The highest BCUT2D eigenvalue weighted by molar-refractivity contribution is 5.75. The third kappa shape index (κ3) is 11.5. The number of nitrogens with one attached hydrogen (secondary N) is 1. The van der Waals surface area contributed by atoms with E-state index in [4.69, 9.17) is 5.11 Å². The lowest BCUT2D eigenvalue weighted by atomic mass is 10.1. The molecule has 0 aliphatic carbocycles. The van der Waals surface area contributed by atoms with Gasteiger partial charge in [-0.15, -0.1) is 0 Å². The van der Waals surface area contributed by atoms with E-state index in [-0.39, 0.29) is 12.5 Å². The van der Waals surface area contributed by atoms with Crippen LogP contribution < -0.4 is 5.32 Å². The highest BCUT2D eigenvalue weighted by atomic mass is 16.2. The molecule has 3 heteroatoms. The molecule has 0 aliphatic heterocycles. The van der Waals surface area contributed by atoms with Gasteiger partial charge < -0.3 is 10.4 Å². The zero-order valence-corrected chi connectivity index (χ0v) is 10.6. The van der Waals surface area contributed by atoms with Crippen molar-refractivity contribution in [2.24, 2.45) is 0 Å². The molecule has 0 radical (unpaired) electrons. The number of aliphatic hydroxyl groups is 1. The van der Waals surface area contributed by atoms with Crippen LogP contribution in [-0.2, 0) is 4.79 Å². The second kappa shape index (κ2) is 12.5. The van der Waals surface area contributed by atoms with Crippen molar-refractivity contribution in [2.75, 3.05) is 13.2 Å². The van der Waals surface area contributed by atoms with E-state index >= 15 is 0 Å². The molecular weight excluding hydrogens is 202 g/mol. The average Bonchev–Trinajstić information content (AvgIpc) is 2.28. The third-order valence-corrected chi connectivity index (χ3v) is 2.66. The molecule has 2 N–H and O–H groups in total. The molecule has 0 fully saturated rings. The Kier molecular flexibility index (Phi) is 12.1. The summed E-state index contributed by atoms with van der Waals surface area (Å²) in [7, 11) is 0. The predicted molar refractivity (Wildman–Crippen MR) is 67.3 cm³/mol. The summed E-state index contributed by atoms with van der Waals surface area (Å²) in [4.78, 5) is 11.3. The van der Waals surface area contributed by atoms with Gasteiger partial charge in [0.25, 0.3) is 0 Å². The SMILES string of the molecule is CCCCCCNC(=O)CCCCCCO. The normalized spacial score (nSPS) is 10.4. The van der Waals surface area contributed by atoms with Crippen LogP contribution in [-0.4, -0.2) is 24.2 Å². The molecule has 16 heavy (non-hydrogen) atoms. The highest BCUT2D eigenvalue weighted by Crippen LogP contribution is 2.02. The molecule has 0 spiro atoms. The molecule has 0 heterocycles. The molecule has 0 bridgehead atoms. The lowest BCUT2D eigenvalue weighted by Crippen LogP contribution is -2.23. The summed E-state index contributed by atoms with van der Waals surface area (Å²) in [5.74, 6) is 0.181. The fourth-order valence-electron chi connectivity index (χ4n) is 1.62. The standard InChI is InChI=1S/C13H27NO2/c1-2-3-4-8-11-14-13(16)10-7-5-6-9-12-15/h15H,2-12H2,1H3,(H,14,16). The molecule has 0 aromatic rings. The first kappa shape index (κ1) is 15.4. The van der Waals surface area contributed by atoms with Crippen LogP contribution in [0.1, 0.15) is 64.7 Å². The van der Waals surface area contributed by atoms with Gasteiger partial charge in [0.15, 0.2) is 0 Å². The van der Waals surface area contributed by atoms with Crippen LogP contribution in [0, 0.1) is 0 Å². The Morgan fingerprint density at radius 3 is 2.38 bits per heavy atom. The number of hydrogen-bond donors (Lipinski definition) is 2. The molecule has 0 unspecified atom stereocenters. The Morgan fingerprint density at radius 2 is 1.69 bits per heavy atom. The average molecular weight is 229 g/mol. The van der Waals surface area contributed by atoms with E-state index in [0.29, 0.717) is 6.42 Å². The third-order valence-electron chi connectivity index (χ3n) is 2.66. The number of hydrogen-bond acceptors (Lipinski definition) is 2. The minimum absolute atomic E-state index is 0.181. The quantitative estimate of drug-likeness (QED) is 0.535. The van der Waals surface area contributed by atoms with Crippen molar-refractivity contribution in [3.05, 3.63) is 0 Å². The molecular formula is C13H27NO2. The monoisotopic (exact) mass is 229 g/mol. The Morgan fingerprint density at radius 1 is 1.00 bits per heavy atom. The molecule has 0 aromatic carbocycles. The molecule has 0 aliphatic rings. The maximum absolute atomic E-state index is 11.3. The molecule has 0 saturated heterocycles. The number of rotatable bonds is 11. The summed E-state index contributed by atoms with van der Waals surface area (Å²) in [6, 6.07) is 0. The number of carbonyl (C=O) groups excluding carboxylic acids is 1. The Balaban J connectivity index is 3.12. The van der Waals surface area contributed by atoms with E-state index in [1.165, 1.54) is 19.3 Å². The molecule has 1 amide bonds. The van der Waals surface area contributed by atoms with Crippen molar-refractivity contribution in [3.63, 3.8) is 0 Å². The zero-order valence-electron chi connectivity index (χ0n) is 10.6. The van der Waals surface area contributed by atoms with Crippen LogP contribution in [0.25, 0.3) is 0 Å². The van der Waals surface area contributed by atoms with E-state index < -0.39 is 0 Å². The van der Waals surface area contributed by atoms with Gasteiger partial charge >= 0.3 is 0 Å². The summed E-state index contributed by atoms with van der Waals surface area (Å²) >= 11 is 0. The fourth-order valence-corrected chi connectivity index (χ4v) is 1.62. The van der Waals surface area contributed by atoms with Gasteiger partial charge in [-0.1, -0.05) is 39.0 Å². The summed E-state index contributed by atoms with van der Waals surface area (Å²) in [6.45, 7) is 3.28. The van der Waals surface area contributed by atoms with Gasteiger partial charge in [0.1, 0.15) is 0 Å². The Labute approximate surface area is 99.6 Å². The van der Waals surface area contributed by atoms with E-state index in [2.05, 4.69) is 12.2 Å². The molecule has 0 saturated carbocycles. The van der Waals surface area contributed by atoms with Crippen molar-refractivity contribution in [1.82, 2.24) is 5.32 Å². The Hall–Kier alpha value is -0.570. The van der Waals surface area contributed by atoms with Gasteiger partial charge in [0, 0.05) is 19.6 Å². The Bertz CT molecular complexity index is 144. The van der Waals surface area contributed by atoms with Gasteiger partial charge in [-0.25, -0.2) is 0 Å². The lowest BCUT2D eigenvalue weighted by molar-refractivity contribution is -0.121. The van der Waals surface area contributed by atoms with Crippen LogP contribution in [0.5, 0.6) is 0 Å². The smallest absolute Gasteiger partial charge is 0.219 e. The number of carbonyl (C=O) groups is 1. The first-order valence-electron chi connectivity index (χ1n) is 6.68. The second-order valence-corrected chi connectivity index (χ2v) is 4.30. The topological polar surface area (TPSA) is 49.3 Å². The van der Waals surface area contributed by atoms with Crippen molar-refractivity contribution < 1.29 is 9.90 Å². The largest absolute Gasteiger partial charge is 0.396 e. The van der Waals surface area contributed by atoms with Crippen LogP contribution >= 0.6 is 0 Å². The van der Waals surface area contributed by atoms with Crippen LogP contribution in [0.15, 0.2) is 0 Å². The van der Waals surface area contributed by atoms with Crippen LogP contribution in [0.4, 0.5) is 0 Å². The van der Waals surface area contributed by atoms with E-state index in [1.807, 2.05) is 0 Å². The zero-order chi connectivity index (χ0) is 12.1. The summed E-state index contributed by atoms with van der Waals surface area (Å²) in [6.07, 6.45) is 9.33. The predicted octanol–water partition coefficient (Wildman–Crippen LogP) is 2.63. The van der Waals surface area contributed by atoms with Gasteiger partial charge in [-0.3, -0.25) is 4.79 Å². The number of amides is 1. The van der Waals surface area contributed by atoms with Gasteiger partial charge in [0.05, 0.1) is 0 Å². The number of aliphatic hydroxyl groups excluding tert-OH is 1. The van der Waals surface area contributed by atoms with Gasteiger partial charge in [0.2, 0.25) is 5.91 Å². The van der Waals surface area contributed by atoms with Crippen molar-refractivity contribution >= 4 is 5.91 Å². The number of unbranched alkanes of at least 4 members (excludes halogenated alkanes) is 6. The summed E-state index contributed by atoms with van der Waals surface area (Å²) < 4.78 is 0. The van der Waals surface area contributed by atoms with Crippen molar-refractivity contribution in [2.45, 2.75) is 64.7 Å². The van der Waals surface area contributed by atoms with Crippen LogP contribution in [0.2, 0.25) is 0 Å². The second-order valence-electron chi connectivity index (χ2n) is 4.30. The first-order valence-corrected chi connectivity index (χ1v) is 6.68. The molecule has 3 nitrogen and oxygen atoms in total. The summed E-state index contributed by atoms with van der Waals surface area (Å²) in [5, 5.41) is 11.5. The highest BCUT2D eigenvalue weighted by Gasteiger charge is 1.99. The molecule has 0 atom stereocenters. The first-order chi connectivity index (χ1) is 7.81. The molecule has 96 valence electrons. The van der Waals surface area contributed by atoms with Crippen LogP contribution in [0.3, 0.4) is 0 Å².